The molecule has 0 radical (unpaired) electrons. The first-order chi connectivity index (χ1) is 7.71. The van der Waals surface area contributed by atoms with Crippen LogP contribution in [0.3, 0.4) is 0 Å². The molecule has 1 atom stereocenters. The SMILES string of the molecule is CCCCOC(=O)N1CC2(CC2)CC1C=O. The molecule has 0 aromatic carbocycles. The van der Waals surface area contributed by atoms with E-state index in [1.165, 1.54) is 0 Å². The van der Waals surface area contributed by atoms with Crippen molar-refractivity contribution in [3.8, 4) is 0 Å². The zero-order valence-corrected chi connectivity index (χ0v) is 9.78. The Balaban J connectivity index is 1.87. The number of nitrogens with zero attached hydrogens (tertiary/aromatic N) is 1. The van der Waals surface area contributed by atoms with Gasteiger partial charge in [-0.25, -0.2) is 4.79 Å². The van der Waals surface area contributed by atoms with E-state index in [1.54, 1.807) is 4.90 Å². The normalized spacial score (nSPS) is 25.8. The Kier molecular flexibility index (Phi) is 3.17. The number of carbonyl (C=O) groups is 2. The molecule has 1 spiro atoms. The minimum atomic E-state index is -0.311. The van der Waals surface area contributed by atoms with Crippen molar-refractivity contribution in [1.82, 2.24) is 4.90 Å². The Labute approximate surface area is 95.9 Å². The van der Waals surface area contributed by atoms with E-state index in [-0.39, 0.29) is 17.6 Å². The van der Waals surface area contributed by atoms with Crippen LogP contribution in [0.1, 0.15) is 39.0 Å². The van der Waals surface area contributed by atoms with E-state index >= 15 is 0 Å². The Hall–Kier alpha value is -1.06. The quantitative estimate of drug-likeness (QED) is 0.543. The molecule has 16 heavy (non-hydrogen) atoms. The van der Waals surface area contributed by atoms with Crippen molar-refractivity contribution in [3.63, 3.8) is 0 Å². The molecule has 1 saturated carbocycles. The van der Waals surface area contributed by atoms with Crippen molar-refractivity contribution >= 4 is 12.4 Å². The maximum atomic E-state index is 11.7. The molecule has 0 aromatic heterocycles. The lowest BCUT2D eigenvalue weighted by molar-refractivity contribution is -0.111. The van der Waals surface area contributed by atoms with Crippen molar-refractivity contribution in [1.29, 1.82) is 0 Å². The third-order valence-electron chi connectivity index (χ3n) is 3.62. The smallest absolute Gasteiger partial charge is 0.410 e. The second-order valence-corrected chi connectivity index (χ2v) is 5.00. The molecule has 1 aliphatic carbocycles. The topological polar surface area (TPSA) is 46.6 Å². The van der Waals surface area contributed by atoms with Crippen molar-refractivity contribution in [2.75, 3.05) is 13.2 Å². The van der Waals surface area contributed by atoms with Gasteiger partial charge in [0.25, 0.3) is 0 Å². The van der Waals surface area contributed by atoms with E-state index in [2.05, 4.69) is 6.92 Å². The summed E-state index contributed by atoms with van der Waals surface area (Å²) in [7, 11) is 0. The van der Waals surface area contributed by atoms with Crippen LogP contribution in [-0.4, -0.2) is 36.5 Å². The van der Waals surface area contributed by atoms with Gasteiger partial charge in [0.05, 0.1) is 12.6 Å². The van der Waals surface area contributed by atoms with Crippen LogP contribution in [-0.2, 0) is 9.53 Å². The van der Waals surface area contributed by atoms with Gasteiger partial charge in [-0.1, -0.05) is 13.3 Å². The fraction of sp³-hybridized carbons (Fsp3) is 0.833. The highest BCUT2D eigenvalue weighted by atomic mass is 16.6. The molecule has 1 saturated heterocycles. The number of amides is 1. The zero-order chi connectivity index (χ0) is 11.6. The molecule has 90 valence electrons. The fourth-order valence-corrected chi connectivity index (χ4v) is 2.34. The lowest BCUT2D eigenvalue weighted by atomic mass is 10.0. The van der Waals surface area contributed by atoms with Crippen LogP contribution in [0, 0.1) is 5.41 Å². The van der Waals surface area contributed by atoms with Gasteiger partial charge in [-0.3, -0.25) is 4.90 Å². The highest BCUT2D eigenvalue weighted by Gasteiger charge is 2.53. The van der Waals surface area contributed by atoms with Gasteiger partial charge >= 0.3 is 6.09 Å². The summed E-state index contributed by atoms with van der Waals surface area (Å²) >= 11 is 0. The largest absolute Gasteiger partial charge is 0.449 e. The summed E-state index contributed by atoms with van der Waals surface area (Å²) in [5.74, 6) is 0. The molecule has 1 heterocycles. The number of ether oxygens (including phenoxy) is 1. The number of unbranched alkanes of at least 4 members (excludes halogenated alkanes) is 1. The van der Waals surface area contributed by atoms with Gasteiger partial charge in [0.2, 0.25) is 0 Å². The third-order valence-corrected chi connectivity index (χ3v) is 3.62. The molecule has 4 heteroatoms. The van der Waals surface area contributed by atoms with Crippen molar-refractivity contribution in [2.24, 2.45) is 5.41 Å². The van der Waals surface area contributed by atoms with Crippen LogP contribution >= 0.6 is 0 Å². The summed E-state index contributed by atoms with van der Waals surface area (Å²) in [5.41, 5.74) is 0.259. The minimum absolute atomic E-state index is 0.253. The first-order valence-electron chi connectivity index (χ1n) is 6.09. The monoisotopic (exact) mass is 225 g/mol. The number of rotatable bonds is 4. The van der Waals surface area contributed by atoms with Crippen LogP contribution in [0.15, 0.2) is 0 Å². The Morgan fingerprint density at radius 1 is 1.56 bits per heavy atom. The molecule has 0 bridgehead atoms. The Bertz CT molecular complexity index is 286. The molecule has 2 fully saturated rings. The first-order valence-corrected chi connectivity index (χ1v) is 6.09. The predicted molar refractivity (Wildman–Crippen MR) is 59.1 cm³/mol. The first kappa shape index (κ1) is 11.4. The second kappa shape index (κ2) is 4.44. The van der Waals surface area contributed by atoms with Gasteiger partial charge in [-0.2, -0.15) is 0 Å². The van der Waals surface area contributed by atoms with E-state index in [4.69, 9.17) is 4.74 Å². The molecule has 0 aromatic rings. The number of likely N-dealkylation sites (tertiary alicyclic amines) is 1. The summed E-state index contributed by atoms with van der Waals surface area (Å²) in [5, 5.41) is 0. The van der Waals surface area contributed by atoms with Gasteiger partial charge < -0.3 is 9.53 Å². The molecule has 2 aliphatic rings. The van der Waals surface area contributed by atoms with Crippen molar-refractivity contribution in [3.05, 3.63) is 0 Å². The predicted octanol–water partition coefficient (Wildman–Crippen LogP) is 1.98. The highest BCUT2D eigenvalue weighted by molar-refractivity contribution is 5.74. The maximum absolute atomic E-state index is 11.7. The average Bonchev–Trinajstić information content (AvgIpc) is 2.91. The summed E-state index contributed by atoms with van der Waals surface area (Å²) < 4.78 is 5.15. The number of hydrogen-bond donors (Lipinski definition) is 0. The van der Waals surface area contributed by atoms with Crippen molar-refractivity contribution in [2.45, 2.75) is 45.1 Å². The summed E-state index contributed by atoms with van der Waals surface area (Å²) in [6.07, 6.45) is 5.60. The molecule has 1 unspecified atom stereocenters. The van der Waals surface area contributed by atoms with Crippen LogP contribution in [0.25, 0.3) is 0 Å². The summed E-state index contributed by atoms with van der Waals surface area (Å²) in [6, 6.07) is -0.253. The third kappa shape index (κ3) is 2.20. The van der Waals surface area contributed by atoms with Crippen LogP contribution in [0.4, 0.5) is 4.79 Å². The van der Waals surface area contributed by atoms with Crippen LogP contribution in [0.5, 0.6) is 0 Å². The molecule has 4 nitrogen and oxygen atoms in total. The summed E-state index contributed by atoms with van der Waals surface area (Å²) in [4.78, 5) is 24.3. The second-order valence-electron chi connectivity index (χ2n) is 5.00. The average molecular weight is 225 g/mol. The molecule has 0 N–H and O–H groups in total. The van der Waals surface area contributed by atoms with Gasteiger partial charge in [0.1, 0.15) is 6.29 Å². The molecule has 1 aliphatic heterocycles. The van der Waals surface area contributed by atoms with Crippen LogP contribution in [0.2, 0.25) is 0 Å². The minimum Gasteiger partial charge on any atom is -0.449 e. The van der Waals surface area contributed by atoms with Gasteiger partial charge in [0.15, 0.2) is 0 Å². The lowest BCUT2D eigenvalue weighted by Crippen LogP contribution is -2.37. The standard InChI is InChI=1S/C12H19NO3/c1-2-3-6-16-11(15)13-9-12(4-5-12)7-10(13)8-14/h8,10H,2-7,9H2,1H3. The summed E-state index contributed by atoms with van der Waals surface area (Å²) in [6.45, 7) is 3.23. The fourth-order valence-electron chi connectivity index (χ4n) is 2.34. The van der Waals surface area contributed by atoms with Gasteiger partial charge in [0, 0.05) is 6.54 Å². The number of aldehydes is 1. The molecule has 1 amide bonds. The zero-order valence-electron chi connectivity index (χ0n) is 9.78. The number of hydrogen-bond acceptors (Lipinski definition) is 3. The Morgan fingerprint density at radius 2 is 2.31 bits per heavy atom. The van der Waals surface area contributed by atoms with Crippen molar-refractivity contribution < 1.29 is 14.3 Å². The molecule has 2 rings (SSSR count). The maximum Gasteiger partial charge on any atom is 0.410 e. The van der Waals surface area contributed by atoms with E-state index in [0.717, 1.165) is 38.4 Å². The molecular formula is C12H19NO3. The van der Waals surface area contributed by atoms with Crippen LogP contribution < -0.4 is 0 Å². The van der Waals surface area contributed by atoms with E-state index in [1.807, 2.05) is 0 Å². The van der Waals surface area contributed by atoms with E-state index in [9.17, 15) is 9.59 Å². The van der Waals surface area contributed by atoms with Gasteiger partial charge in [-0.15, -0.1) is 0 Å². The number of carbonyl (C=O) groups excluding carboxylic acids is 2. The van der Waals surface area contributed by atoms with Gasteiger partial charge in [-0.05, 0) is 31.1 Å². The lowest BCUT2D eigenvalue weighted by Gasteiger charge is -2.19. The molecular weight excluding hydrogens is 206 g/mol. The van der Waals surface area contributed by atoms with E-state index in [0.29, 0.717) is 13.2 Å². The highest BCUT2D eigenvalue weighted by Crippen LogP contribution is 2.54. The Morgan fingerprint density at radius 3 is 2.88 bits per heavy atom. The van der Waals surface area contributed by atoms with E-state index < -0.39 is 0 Å².